The van der Waals surface area contributed by atoms with Crippen LogP contribution in [0.4, 0.5) is 0 Å². The third kappa shape index (κ3) is 3.86. The van der Waals surface area contributed by atoms with Gasteiger partial charge in [-0.15, -0.1) is 0 Å². The third-order valence-corrected chi connectivity index (χ3v) is 7.27. The lowest BCUT2D eigenvalue weighted by Crippen LogP contribution is -2.28. The van der Waals surface area contributed by atoms with Crippen LogP contribution in [0.15, 0.2) is 91.0 Å². The normalized spacial score (nSPS) is 14.6. The minimum absolute atomic E-state index is 0.00950. The number of hydrogen-bond donors (Lipinski definition) is 1. The van der Waals surface area contributed by atoms with Gasteiger partial charge in [-0.05, 0) is 53.6 Å². The van der Waals surface area contributed by atoms with Crippen molar-refractivity contribution in [2.24, 2.45) is 0 Å². The molecule has 6 nitrogen and oxygen atoms in total. The Labute approximate surface area is 221 Å². The molecule has 6 heteroatoms. The number of aromatic nitrogens is 1. The molecule has 0 bridgehead atoms. The second-order valence-corrected chi connectivity index (χ2v) is 9.30. The van der Waals surface area contributed by atoms with Crippen molar-refractivity contribution in [3.63, 3.8) is 0 Å². The smallest absolute Gasteiger partial charge is 0.255 e. The highest BCUT2D eigenvalue weighted by Crippen LogP contribution is 2.48. The largest absolute Gasteiger partial charge is 0.497 e. The highest BCUT2D eigenvalue weighted by atomic mass is 16.5. The SMILES string of the molecule is COc1ccc(CN2C(=O)c3ccccc3[C@H]2c2c(-c3cc(OC)ccc3OC)[nH]c3ccccc23)cc1. The number of nitrogens with one attached hydrogen (secondary N) is 1. The summed E-state index contributed by atoms with van der Waals surface area (Å²) >= 11 is 0. The summed E-state index contributed by atoms with van der Waals surface area (Å²) in [5, 5.41) is 1.06. The van der Waals surface area contributed by atoms with E-state index < -0.39 is 0 Å². The van der Waals surface area contributed by atoms with Crippen LogP contribution in [-0.2, 0) is 6.54 Å². The summed E-state index contributed by atoms with van der Waals surface area (Å²) in [5.74, 6) is 2.24. The van der Waals surface area contributed by atoms with E-state index in [9.17, 15) is 4.79 Å². The molecule has 1 aromatic heterocycles. The summed E-state index contributed by atoms with van der Waals surface area (Å²) in [4.78, 5) is 19.5. The number of para-hydroxylation sites is 1. The number of nitrogens with zero attached hydrogens (tertiary/aromatic N) is 1. The van der Waals surface area contributed by atoms with Crippen molar-refractivity contribution in [2.75, 3.05) is 21.3 Å². The first-order valence-corrected chi connectivity index (χ1v) is 12.5. The van der Waals surface area contributed by atoms with Crippen LogP contribution in [0, 0.1) is 0 Å². The average Bonchev–Trinajstić information content (AvgIpc) is 3.48. The van der Waals surface area contributed by atoms with Crippen LogP contribution in [0.2, 0.25) is 0 Å². The number of methoxy groups -OCH3 is 3. The third-order valence-electron chi connectivity index (χ3n) is 7.27. The molecule has 1 aliphatic rings. The average molecular weight is 505 g/mol. The van der Waals surface area contributed by atoms with Gasteiger partial charge in [0, 0.05) is 34.1 Å². The quantitative estimate of drug-likeness (QED) is 0.271. The molecule has 1 atom stereocenters. The lowest BCUT2D eigenvalue weighted by molar-refractivity contribution is 0.0737. The zero-order valence-corrected chi connectivity index (χ0v) is 21.5. The molecule has 0 saturated heterocycles. The molecule has 5 aromatic rings. The van der Waals surface area contributed by atoms with E-state index in [-0.39, 0.29) is 11.9 Å². The van der Waals surface area contributed by atoms with E-state index in [0.29, 0.717) is 6.54 Å². The van der Waals surface area contributed by atoms with Gasteiger partial charge >= 0.3 is 0 Å². The zero-order valence-electron chi connectivity index (χ0n) is 21.5. The first-order valence-electron chi connectivity index (χ1n) is 12.5. The van der Waals surface area contributed by atoms with Crippen molar-refractivity contribution in [2.45, 2.75) is 12.6 Å². The summed E-state index contributed by atoms with van der Waals surface area (Å²) < 4.78 is 16.7. The molecule has 0 radical (unpaired) electrons. The van der Waals surface area contributed by atoms with Crippen molar-refractivity contribution in [1.29, 1.82) is 0 Å². The fourth-order valence-corrected chi connectivity index (χ4v) is 5.44. The number of ether oxygens (including phenoxy) is 3. The van der Waals surface area contributed by atoms with Gasteiger partial charge in [-0.2, -0.15) is 0 Å². The molecule has 6 rings (SSSR count). The molecule has 190 valence electrons. The number of amides is 1. The molecule has 0 aliphatic carbocycles. The monoisotopic (exact) mass is 504 g/mol. The maximum Gasteiger partial charge on any atom is 0.255 e. The summed E-state index contributed by atoms with van der Waals surface area (Å²) in [6.07, 6.45) is 0. The molecular weight excluding hydrogens is 476 g/mol. The molecule has 0 spiro atoms. The topological polar surface area (TPSA) is 63.8 Å². The highest BCUT2D eigenvalue weighted by Gasteiger charge is 2.40. The van der Waals surface area contributed by atoms with Gasteiger partial charge in [0.15, 0.2) is 0 Å². The second kappa shape index (κ2) is 9.63. The number of rotatable bonds is 7. The molecular formula is C32H28N2O4. The van der Waals surface area contributed by atoms with Gasteiger partial charge in [0.2, 0.25) is 0 Å². The van der Waals surface area contributed by atoms with Crippen LogP contribution in [0.5, 0.6) is 17.2 Å². The van der Waals surface area contributed by atoms with E-state index in [1.165, 1.54) is 0 Å². The Morgan fingerprint density at radius 1 is 0.763 bits per heavy atom. The van der Waals surface area contributed by atoms with Gasteiger partial charge in [-0.25, -0.2) is 0 Å². The molecule has 0 saturated carbocycles. The minimum atomic E-state index is -0.303. The van der Waals surface area contributed by atoms with Gasteiger partial charge in [0.25, 0.3) is 5.91 Å². The van der Waals surface area contributed by atoms with E-state index in [0.717, 1.165) is 61.7 Å². The number of aromatic amines is 1. The maximum atomic E-state index is 13.9. The molecule has 0 fully saturated rings. The van der Waals surface area contributed by atoms with Gasteiger partial charge in [0.1, 0.15) is 17.2 Å². The Morgan fingerprint density at radius 2 is 1.47 bits per heavy atom. The van der Waals surface area contributed by atoms with E-state index >= 15 is 0 Å². The summed E-state index contributed by atoms with van der Waals surface area (Å²) in [6.45, 7) is 0.455. The summed E-state index contributed by atoms with van der Waals surface area (Å²) in [7, 11) is 4.97. The predicted octanol–water partition coefficient (Wildman–Crippen LogP) is 6.61. The highest BCUT2D eigenvalue weighted by molar-refractivity contribution is 6.02. The zero-order chi connectivity index (χ0) is 26.2. The standard InChI is InChI=1S/C32H28N2O4/c1-36-21-14-12-20(13-15-21)19-34-31(23-8-4-5-9-24(23)32(34)35)29-25-10-6-7-11-27(25)33-30(29)26-18-22(37-2)16-17-28(26)38-3/h4-18,31,33H,19H2,1-3H3/t31-/m0/s1. The van der Waals surface area contributed by atoms with Crippen LogP contribution in [-0.4, -0.2) is 37.1 Å². The fraction of sp³-hybridized carbons (Fsp3) is 0.156. The Morgan fingerprint density at radius 3 is 2.24 bits per heavy atom. The van der Waals surface area contributed by atoms with Crippen LogP contribution in [0.3, 0.4) is 0 Å². The molecule has 2 heterocycles. The van der Waals surface area contributed by atoms with E-state index in [4.69, 9.17) is 14.2 Å². The molecule has 1 N–H and O–H groups in total. The summed E-state index contributed by atoms with van der Waals surface area (Å²) in [5.41, 5.74) is 6.52. The minimum Gasteiger partial charge on any atom is -0.497 e. The lowest BCUT2D eigenvalue weighted by atomic mass is 9.92. The Kier molecular flexibility index (Phi) is 6.00. The van der Waals surface area contributed by atoms with Crippen molar-refractivity contribution in [1.82, 2.24) is 9.88 Å². The first-order chi connectivity index (χ1) is 18.6. The van der Waals surface area contributed by atoms with Gasteiger partial charge < -0.3 is 24.1 Å². The Hall–Kier alpha value is -4.71. The van der Waals surface area contributed by atoms with Gasteiger partial charge in [-0.3, -0.25) is 4.79 Å². The van der Waals surface area contributed by atoms with E-state index in [1.54, 1.807) is 21.3 Å². The number of fused-ring (bicyclic) bond motifs is 2. The molecule has 1 amide bonds. The Bertz CT molecular complexity index is 1640. The Balaban J connectivity index is 1.59. The molecule has 4 aromatic carbocycles. The van der Waals surface area contributed by atoms with Crippen LogP contribution >= 0.6 is 0 Å². The number of carbonyl (C=O) groups excluding carboxylic acids is 1. The van der Waals surface area contributed by atoms with Crippen LogP contribution in [0.25, 0.3) is 22.2 Å². The van der Waals surface area contributed by atoms with Crippen molar-refractivity contribution >= 4 is 16.8 Å². The predicted molar refractivity (Wildman–Crippen MR) is 148 cm³/mol. The van der Waals surface area contributed by atoms with Crippen LogP contribution < -0.4 is 14.2 Å². The van der Waals surface area contributed by atoms with Gasteiger partial charge in [0.05, 0.1) is 33.1 Å². The number of hydrogen-bond acceptors (Lipinski definition) is 4. The number of benzene rings is 4. The van der Waals surface area contributed by atoms with Crippen molar-refractivity contribution in [3.05, 3.63) is 113 Å². The summed E-state index contributed by atoms with van der Waals surface area (Å²) in [6, 6.07) is 29.4. The number of H-pyrrole nitrogens is 1. The molecule has 38 heavy (non-hydrogen) atoms. The van der Waals surface area contributed by atoms with Crippen molar-refractivity contribution < 1.29 is 19.0 Å². The maximum absolute atomic E-state index is 13.9. The van der Waals surface area contributed by atoms with Crippen LogP contribution in [0.1, 0.15) is 33.1 Å². The van der Waals surface area contributed by atoms with Gasteiger partial charge in [-0.1, -0.05) is 48.5 Å². The molecule has 1 aliphatic heterocycles. The number of carbonyl (C=O) groups is 1. The lowest BCUT2D eigenvalue weighted by Gasteiger charge is -2.27. The first kappa shape index (κ1) is 23.7. The second-order valence-electron chi connectivity index (χ2n) is 9.30. The fourth-order valence-electron chi connectivity index (χ4n) is 5.44. The van der Waals surface area contributed by atoms with Crippen molar-refractivity contribution in [3.8, 4) is 28.5 Å². The van der Waals surface area contributed by atoms with E-state index in [1.807, 2.05) is 77.7 Å². The van der Waals surface area contributed by atoms with E-state index in [2.05, 4.69) is 23.2 Å². The molecule has 0 unspecified atom stereocenters.